The van der Waals surface area contributed by atoms with Crippen LogP contribution in [0.2, 0.25) is 5.02 Å². The van der Waals surface area contributed by atoms with E-state index in [-0.39, 0.29) is 6.04 Å². The number of hydrogen-bond donors (Lipinski definition) is 1. The third-order valence-electron chi connectivity index (χ3n) is 3.77. The van der Waals surface area contributed by atoms with Crippen LogP contribution in [0.1, 0.15) is 24.9 Å². The summed E-state index contributed by atoms with van der Waals surface area (Å²) in [6, 6.07) is 14.3. The first-order valence-electron chi connectivity index (χ1n) is 7.63. The van der Waals surface area contributed by atoms with Gasteiger partial charge in [0.1, 0.15) is 0 Å². The highest BCUT2D eigenvalue weighted by atomic mass is 35.5. The van der Waals surface area contributed by atoms with Crippen molar-refractivity contribution in [1.82, 2.24) is 9.97 Å². The Balaban J connectivity index is 1.89. The Hall–Kier alpha value is -2.39. The third-order valence-corrected chi connectivity index (χ3v) is 3.99. The van der Waals surface area contributed by atoms with Crippen molar-refractivity contribution in [1.29, 1.82) is 0 Å². The lowest BCUT2D eigenvalue weighted by Crippen LogP contribution is -2.09. The van der Waals surface area contributed by atoms with E-state index in [1.807, 2.05) is 48.8 Å². The topological polar surface area (TPSA) is 37.8 Å². The molecule has 0 saturated heterocycles. The van der Waals surface area contributed by atoms with Crippen LogP contribution < -0.4 is 5.32 Å². The van der Waals surface area contributed by atoms with Crippen LogP contribution in [0.25, 0.3) is 11.1 Å². The molecule has 1 unspecified atom stereocenters. The lowest BCUT2D eigenvalue weighted by molar-refractivity contribution is 0.748. The molecule has 0 amide bonds. The summed E-state index contributed by atoms with van der Waals surface area (Å²) < 4.78 is 0. The van der Waals surface area contributed by atoms with E-state index in [4.69, 9.17) is 11.6 Å². The average Bonchev–Trinajstić information content (AvgIpc) is 2.61. The van der Waals surface area contributed by atoms with E-state index in [0.29, 0.717) is 5.02 Å². The Morgan fingerprint density at radius 2 is 1.57 bits per heavy atom. The summed E-state index contributed by atoms with van der Waals surface area (Å²) in [4.78, 5) is 8.14. The predicted molar refractivity (Wildman–Crippen MR) is 95.6 cm³/mol. The molecule has 2 aromatic heterocycles. The van der Waals surface area contributed by atoms with Crippen molar-refractivity contribution in [2.75, 3.05) is 5.32 Å². The highest BCUT2D eigenvalue weighted by molar-refractivity contribution is 6.31. The van der Waals surface area contributed by atoms with Gasteiger partial charge in [0.2, 0.25) is 0 Å². The quantitative estimate of drug-likeness (QED) is 0.686. The average molecular weight is 324 g/mol. The van der Waals surface area contributed by atoms with Gasteiger partial charge in [-0.2, -0.15) is 0 Å². The van der Waals surface area contributed by atoms with Crippen LogP contribution in [0.15, 0.2) is 67.3 Å². The minimum Gasteiger partial charge on any atom is -0.378 e. The fraction of sp³-hybridized carbons (Fsp3) is 0.158. The maximum Gasteiger partial charge on any atom is 0.0512 e. The highest BCUT2D eigenvalue weighted by Gasteiger charge is 2.10. The molecule has 3 aromatic rings. The molecule has 0 saturated carbocycles. The van der Waals surface area contributed by atoms with E-state index in [0.717, 1.165) is 23.2 Å². The van der Waals surface area contributed by atoms with Crippen molar-refractivity contribution in [3.63, 3.8) is 0 Å². The molecule has 0 aliphatic carbocycles. The van der Waals surface area contributed by atoms with E-state index in [1.54, 1.807) is 12.4 Å². The highest BCUT2D eigenvalue weighted by Crippen LogP contribution is 2.30. The Kier molecular flexibility index (Phi) is 4.89. The molecule has 0 fully saturated rings. The number of halogens is 1. The van der Waals surface area contributed by atoms with E-state index in [9.17, 15) is 0 Å². The van der Waals surface area contributed by atoms with Gasteiger partial charge >= 0.3 is 0 Å². The first-order valence-corrected chi connectivity index (χ1v) is 8.01. The number of aromatic nitrogens is 2. The van der Waals surface area contributed by atoms with Crippen LogP contribution in [0, 0.1) is 0 Å². The zero-order chi connectivity index (χ0) is 16.1. The predicted octanol–water partition coefficient (Wildman–Crippen LogP) is 5.36. The van der Waals surface area contributed by atoms with Gasteiger partial charge in [-0.25, -0.2) is 0 Å². The molecular formula is C19H18ClN3. The SMILES string of the molecule is CCC(Nc1cc(Cl)cc(-c2ccncc2)c1)c1ccncc1. The Morgan fingerprint density at radius 1 is 0.913 bits per heavy atom. The van der Waals surface area contributed by atoms with Gasteiger partial charge in [0.05, 0.1) is 6.04 Å². The van der Waals surface area contributed by atoms with Gasteiger partial charge < -0.3 is 5.32 Å². The van der Waals surface area contributed by atoms with Crippen molar-refractivity contribution in [3.8, 4) is 11.1 Å². The minimum atomic E-state index is 0.224. The zero-order valence-electron chi connectivity index (χ0n) is 12.9. The van der Waals surface area contributed by atoms with Crippen molar-refractivity contribution in [2.24, 2.45) is 0 Å². The molecule has 0 bridgehead atoms. The molecule has 3 nitrogen and oxygen atoms in total. The fourth-order valence-corrected chi connectivity index (χ4v) is 2.84. The maximum atomic E-state index is 6.31. The number of pyridine rings is 2. The summed E-state index contributed by atoms with van der Waals surface area (Å²) in [5, 5.41) is 4.28. The summed E-state index contributed by atoms with van der Waals surface area (Å²) in [7, 11) is 0. The van der Waals surface area contributed by atoms with Crippen molar-refractivity contribution in [3.05, 3.63) is 77.8 Å². The third kappa shape index (κ3) is 3.88. The number of nitrogens with one attached hydrogen (secondary N) is 1. The fourth-order valence-electron chi connectivity index (χ4n) is 2.60. The summed E-state index contributed by atoms with van der Waals surface area (Å²) in [6.07, 6.45) is 8.19. The first kappa shape index (κ1) is 15.5. The van der Waals surface area contributed by atoms with Gasteiger partial charge in [0, 0.05) is 35.5 Å². The zero-order valence-corrected chi connectivity index (χ0v) is 13.7. The number of nitrogens with zero attached hydrogens (tertiary/aromatic N) is 2. The van der Waals surface area contributed by atoms with Crippen LogP contribution in [-0.4, -0.2) is 9.97 Å². The molecule has 116 valence electrons. The number of anilines is 1. The van der Waals surface area contributed by atoms with E-state index >= 15 is 0 Å². The van der Waals surface area contributed by atoms with Gasteiger partial charge in [-0.15, -0.1) is 0 Å². The number of hydrogen-bond acceptors (Lipinski definition) is 3. The van der Waals surface area contributed by atoms with E-state index in [1.165, 1.54) is 5.56 Å². The van der Waals surface area contributed by atoms with Gasteiger partial charge in [0.15, 0.2) is 0 Å². The first-order chi connectivity index (χ1) is 11.3. The molecule has 2 heterocycles. The monoisotopic (exact) mass is 323 g/mol. The molecule has 4 heteroatoms. The molecular weight excluding hydrogens is 306 g/mol. The van der Waals surface area contributed by atoms with Crippen LogP contribution in [-0.2, 0) is 0 Å². The van der Waals surface area contributed by atoms with Crippen LogP contribution in [0.4, 0.5) is 5.69 Å². The van der Waals surface area contributed by atoms with Crippen molar-refractivity contribution >= 4 is 17.3 Å². The summed E-state index contributed by atoms with van der Waals surface area (Å²) in [5.41, 5.74) is 4.40. The Morgan fingerprint density at radius 3 is 2.22 bits per heavy atom. The van der Waals surface area contributed by atoms with E-state index in [2.05, 4.69) is 28.3 Å². The van der Waals surface area contributed by atoms with Gasteiger partial charge in [-0.3, -0.25) is 9.97 Å². The molecule has 0 aliphatic heterocycles. The Labute approximate surface area is 141 Å². The van der Waals surface area contributed by atoms with Crippen molar-refractivity contribution in [2.45, 2.75) is 19.4 Å². The molecule has 3 rings (SSSR count). The molecule has 0 aliphatic rings. The van der Waals surface area contributed by atoms with E-state index < -0.39 is 0 Å². The molecule has 1 atom stereocenters. The summed E-state index contributed by atoms with van der Waals surface area (Å²) in [6.45, 7) is 2.16. The van der Waals surface area contributed by atoms with Gasteiger partial charge in [0.25, 0.3) is 0 Å². The van der Waals surface area contributed by atoms with Crippen LogP contribution in [0.3, 0.4) is 0 Å². The normalized spacial score (nSPS) is 11.9. The molecule has 0 spiro atoms. The summed E-state index contributed by atoms with van der Waals surface area (Å²) >= 11 is 6.31. The largest absolute Gasteiger partial charge is 0.378 e. The lowest BCUT2D eigenvalue weighted by atomic mass is 10.0. The van der Waals surface area contributed by atoms with Gasteiger partial charge in [-0.1, -0.05) is 18.5 Å². The van der Waals surface area contributed by atoms with Gasteiger partial charge in [-0.05, 0) is 65.6 Å². The second kappa shape index (κ2) is 7.25. The summed E-state index contributed by atoms with van der Waals surface area (Å²) in [5.74, 6) is 0. The molecule has 1 aromatic carbocycles. The Bertz CT molecular complexity index is 760. The van der Waals surface area contributed by atoms with Crippen LogP contribution >= 0.6 is 11.6 Å². The van der Waals surface area contributed by atoms with Crippen LogP contribution in [0.5, 0.6) is 0 Å². The second-order valence-electron chi connectivity index (χ2n) is 5.35. The molecule has 0 radical (unpaired) electrons. The second-order valence-corrected chi connectivity index (χ2v) is 5.79. The maximum absolute atomic E-state index is 6.31. The molecule has 1 N–H and O–H groups in total. The lowest BCUT2D eigenvalue weighted by Gasteiger charge is -2.19. The number of benzene rings is 1. The minimum absolute atomic E-state index is 0.224. The number of rotatable bonds is 5. The standard InChI is InChI=1S/C19H18ClN3/c1-2-19(15-5-9-22-10-6-15)23-18-12-16(11-17(20)13-18)14-3-7-21-8-4-14/h3-13,19,23H,2H2,1H3. The molecule has 23 heavy (non-hydrogen) atoms. The van der Waals surface area contributed by atoms with Crippen molar-refractivity contribution < 1.29 is 0 Å². The smallest absolute Gasteiger partial charge is 0.0512 e.